The van der Waals surface area contributed by atoms with Gasteiger partial charge in [-0.05, 0) is 91.2 Å². The summed E-state index contributed by atoms with van der Waals surface area (Å²) in [6.07, 6.45) is -0.324. The quantitative estimate of drug-likeness (QED) is 0.189. The molecule has 12 rings (SSSR count). The fourth-order valence-electron chi connectivity index (χ4n) is 9.95. The number of fused-ring (bicyclic) bond motifs is 10. The van der Waals surface area contributed by atoms with Crippen molar-refractivity contribution in [2.75, 3.05) is 0 Å². The van der Waals surface area contributed by atoms with Crippen molar-refractivity contribution >= 4 is 22.4 Å². The van der Waals surface area contributed by atoms with Crippen LogP contribution in [0.2, 0.25) is 0 Å². The summed E-state index contributed by atoms with van der Waals surface area (Å²) in [6, 6.07) is 74.5. The molecule has 1 unspecified atom stereocenters. The molecular formula is C57H36N4O. The molecule has 0 bridgehead atoms. The molecule has 9 aromatic carbocycles. The lowest BCUT2D eigenvalue weighted by Crippen LogP contribution is -2.34. The van der Waals surface area contributed by atoms with E-state index in [1.54, 1.807) is 0 Å². The number of nitrogens with one attached hydrogen (secondary N) is 1. The Hall–Kier alpha value is -8.33. The standard InChI is InChI=1S/C57H36N4O/c58-35-36-26-28-37(29-27-36)41-32-33-44(43-19-8-7-18-42(41)43)45-20-13-23-49-53(45)46-31-30-40(34-50(46)57(49)47-21-9-11-24-51(47)62-52-25-12-10-22-48(52)57)56-60-54(38-14-3-1-4-15-38)59-55(61-56)39-16-5-2-6-17-39/h1-34,54H,(H,59,60,61). The Labute approximate surface area is 359 Å². The van der Waals surface area contributed by atoms with Crippen LogP contribution in [0.15, 0.2) is 216 Å². The second-order valence-corrected chi connectivity index (χ2v) is 16.0. The number of para-hydroxylation sites is 2. The topological polar surface area (TPSA) is 69.8 Å². The molecule has 0 amide bonds. The lowest BCUT2D eigenvalue weighted by Gasteiger charge is -2.39. The largest absolute Gasteiger partial charge is 0.457 e. The zero-order valence-electron chi connectivity index (χ0n) is 33.5. The Morgan fingerprint density at radius 2 is 1.08 bits per heavy atom. The molecule has 2 heterocycles. The maximum absolute atomic E-state index is 9.50. The smallest absolute Gasteiger partial charge is 0.159 e. The normalized spacial score (nSPS) is 15.2. The van der Waals surface area contributed by atoms with E-state index in [2.05, 4.69) is 169 Å². The van der Waals surface area contributed by atoms with E-state index >= 15 is 0 Å². The molecule has 0 saturated carbocycles. The number of hydrogen-bond donors (Lipinski definition) is 1. The van der Waals surface area contributed by atoms with E-state index in [4.69, 9.17) is 14.7 Å². The van der Waals surface area contributed by atoms with Gasteiger partial charge in [-0.25, -0.2) is 9.98 Å². The zero-order valence-corrected chi connectivity index (χ0v) is 33.5. The first-order valence-electron chi connectivity index (χ1n) is 20.9. The highest BCUT2D eigenvalue weighted by Gasteiger charge is 2.52. The van der Waals surface area contributed by atoms with E-state index in [0.717, 1.165) is 89.3 Å². The lowest BCUT2D eigenvalue weighted by atomic mass is 9.66. The minimum atomic E-state index is -0.710. The first-order valence-corrected chi connectivity index (χ1v) is 20.9. The number of aliphatic imine (C=N–C) groups is 2. The number of amidine groups is 2. The highest BCUT2D eigenvalue weighted by molar-refractivity contribution is 6.14. The van der Waals surface area contributed by atoms with Gasteiger partial charge in [-0.2, -0.15) is 5.26 Å². The molecule has 1 spiro atoms. The van der Waals surface area contributed by atoms with Crippen LogP contribution in [0.3, 0.4) is 0 Å². The van der Waals surface area contributed by atoms with Crippen molar-refractivity contribution in [2.45, 2.75) is 11.6 Å². The third-order valence-electron chi connectivity index (χ3n) is 12.7. The van der Waals surface area contributed by atoms with Crippen molar-refractivity contribution in [1.29, 1.82) is 5.26 Å². The fourth-order valence-corrected chi connectivity index (χ4v) is 9.95. The van der Waals surface area contributed by atoms with Crippen LogP contribution < -0.4 is 10.1 Å². The molecule has 9 aromatic rings. The number of rotatable bonds is 5. The molecule has 0 aromatic heterocycles. The number of benzene rings is 9. The van der Waals surface area contributed by atoms with E-state index < -0.39 is 5.41 Å². The van der Waals surface area contributed by atoms with Crippen LogP contribution in [0.4, 0.5) is 0 Å². The van der Waals surface area contributed by atoms with Crippen molar-refractivity contribution < 1.29 is 4.74 Å². The van der Waals surface area contributed by atoms with Gasteiger partial charge in [-0.3, -0.25) is 0 Å². The summed E-state index contributed by atoms with van der Waals surface area (Å²) >= 11 is 0. The van der Waals surface area contributed by atoms with E-state index in [9.17, 15) is 5.26 Å². The average Bonchev–Trinajstić information content (AvgIpc) is 3.64. The first-order chi connectivity index (χ1) is 30.7. The Balaban J connectivity index is 1.12. The van der Waals surface area contributed by atoms with Crippen LogP contribution in [0.25, 0.3) is 44.2 Å². The summed E-state index contributed by atoms with van der Waals surface area (Å²) in [4.78, 5) is 10.6. The summed E-state index contributed by atoms with van der Waals surface area (Å²) in [5.74, 6) is 3.13. The second kappa shape index (κ2) is 14.2. The predicted octanol–water partition coefficient (Wildman–Crippen LogP) is 13.0. The van der Waals surface area contributed by atoms with Gasteiger partial charge in [0.2, 0.25) is 0 Å². The molecule has 5 nitrogen and oxygen atoms in total. The van der Waals surface area contributed by atoms with Crippen LogP contribution >= 0.6 is 0 Å². The molecule has 62 heavy (non-hydrogen) atoms. The Morgan fingerprint density at radius 1 is 0.484 bits per heavy atom. The van der Waals surface area contributed by atoms with E-state index in [-0.39, 0.29) is 6.17 Å². The molecular weight excluding hydrogens is 757 g/mol. The minimum Gasteiger partial charge on any atom is -0.457 e. The van der Waals surface area contributed by atoms with Gasteiger partial charge < -0.3 is 10.1 Å². The summed E-state index contributed by atoms with van der Waals surface area (Å²) < 4.78 is 6.74. The number of ether oxygens (including phenoxy) is 1. The first kappa shape index (κ1) is 35.6. The van der Waals surface area contributed by atoms with Crippen molar-refractivity contribution in [2.24, 2.45) is 9.98 Å². The maximum atomic E-state index is 9.50. The summed E-state index contributed by atoms with van der Waals surface area (Å²) in [5, 5.41) is 15.4. The van der Waals surface area contributed by atoms with Crippen LogP contribution in [0, 0.1) is 11.3 Å². The van der Waals surface area contributed by atoms with Gasteiger partial charge in [-0.15, -0.1) is 0 Å². The minimum absolute atomic E-state index is 0.324. The molecule has 1 atom stereocenters. The highest BCUT2D eigenvalue weighted by atomic mass is 16.5. The van der Waals surface area contributed by atoms with Crippen LogP contribution in [-0.2, 0) is 5.41 Å². The van der Waals surface area contributed by atoms with Crippen LogP contribution in [0.1, 0.15) is 50.7 Å². The van der Waals surface area contributed by atoms with Gasteiger partial charge >= 0.3 is 0 Å². The summed E-state index contributed by atoms with van der Waals surface area (Å²) in [5.41, 5.74) is 14.4. The Morgan fingerprint density at radius 3 is 1.81 bits per heavy atom. The van der Waals surface area contributed by atoms with Gasteiger partial charge in [0.15, 0.2) is 5.84 Å². The van der Waals surface area contributed by atoms with E-state index in [0.29, 0.717) is 11.4 Å². The van der Waals surface area contributed by atoms with Gasteiger partial charge in [0.1, 0.15) is 23.5 Å². The van der Waals surface area contributed by atoms with Gasteiger partial charge in [0.25, 0.3) is 0 Å². The fraction of sp³-hybridized carbons (Fsp3) is 0.0351. The lowest BCUT2D eigenvalue weighted by molar-refractivity contribution is 0.436. The summed E-state index contributed by atoms with van der Waals surface area (Å²) in [7, 11) is 0. The SMILES string of the molecule is N#Cc1ccc(-c2ccc(-c3cccc4c3-c3ccc(C5=NC(c6ccccc6)NC(c6ccccc6)=N5)cc3C43c4ccccc4Oc4ccccc43)c3ccccc23)cc1. The van der Waals surface area contributed by atoms with Crippen molar-refractivity contribution in [3.63, 3.8) is 0 Å². The van der Waals surface area contributed by atoms with E-state index in [1.807, 2.05) is 48.5 Å². The van der Waals surface area contributed by atoms with Crippen molar-refractivity contribution in [1.82, 2.24) is 5.32 Å². The number of hydrogen-bond acceptors (Lipinski definition) is 5. The molecule has 1 aliphatic carbocycles. The monoisotopic (exact) mass is 792 g/mol. The van der Waals surface area contributed by atoms with Gasteiger partial charge in [-0.1, -0.05) is 176 Å². The maximum Gasteiger partial charge on any atom is 0.159 e. The molecule has 2 aliphatic heterocycles. The third kappa shape index (κ3) is 5.40. The average molecular weight is 793 g/mol. The summed E-state index contributed by atoms with van der Waals surface area (Å²) in [6.45, 7) is 0. The Bertz CT molecular complexity index is 3320. The third-order valence-corrected chi connectivity index (χ3v) is 12.7. The molecule has 0 saturated heterocycles. The molecule has 5 heteroatoms. The van der Waals surface area contributed by atoms with Crippen molar-refractivity contribution in [3.05, 3.63) is 251 Å². The van der Waals surface area contributed by atoms with Gasteiger partial charge in [0, 0.05) is 22.3 Å². The Kier molecular flexibility index (Phi) is 8.13. The van der Waals surface area contributed by atoms with Crippen molar-refractivity contribution in [3.8, 4) is 50.9 Å². The van der Waals surface area contributed by atoms with Gasteiger partial charge in [0.05, 0.1) is 17.0 Å². The van der Waals surface area contributed by atoms with E-state index in [1.165, 1.54) is 11.1 Å². The molecule has 0 fully saturated rings. The highest BCUT2D eigenvalue weighted by Crippen LogP contribution is 2.63. The molecule has 0 radical (unpaired) electrons. The van der Waals surface area contributed by atoms with Crippen LogP contribution in [-0.4, -0.2) is 11.7 Å². The number of nitriles is 1. The molecule has 3 aliphatic rings. The second-order valence-electron chi connectivity index (χ2n) is 16.0. The molecule has 1 N–H and O–H groups in total. The predicted molar refractivity (Wildman–Crippen MR) is 249 cm³/mol. The zero-order chi connectivity index (χ0) is 41.2. The molecule has 290 valence electrons. The van der Waals surface area contributed by atoms with Crippen LogP contribution in [0.5, 0.6) is 11.5 Å². The number of nitrogens with zero attached hydrogens (tertiary/aromatic N) is 3.